The Morgan fingerprint density at radius 3 is 2.93 bits per heavy atom. The normalized spacial score (nSPS) is 12.5. The highest BCUT2D eigenvalue weighted by Crippen LogP contribution is 2.06. The number of aromatic nitrogens is 1. The van der Waals surface area contributed by atoms with E-state index >= 15 is 0 Å². The second kappa shape index (κ2) is 5.83. The van der Waals surface area contributed by atoms with Gasteiger partial charge < -0.3 is 10.1 Å². The first-order chi connectivity index (χ1) is 6.76. The van der Waals surface area contributed by atoms with Crippen molar-refractivity contribution in [3.05, 3.63) is 23.9 Å². The lowest BCUT2D eigenvalue weighted by molar-refractivity contribution is 0.191. The maximum atomic E-state index is 5.77. The summed E-state index contributed by atoms with van der Waals surface area (Å²) in [7, 11) is 1.66. The minimum absolute atomic E-state index is 0.107. The van der Waals surface area contributed by atoms with Crippen LogP contribution >= 0.6 is 11.6 Å². The smallest absolute Gasteiger partial charge is 0.126 e. The molecule has 0 aliphatic rings. The highest BCUT2D eigenvalue weighted by molar-refractivity contribution is 6.18. The van der Waals surface area contributed by atoms with Gasteiger partial charge in [-0.3, -0.25) is 0 Å². The van der Waals surface area contributed by atoms with Crippen LogP contribution in [0.3, 0.4) is 0 Å². The van der Waals surface area contributed by atoms with E-state index in [0.29, 0.717) is 12.5 Å². The van der Waals surface area contributed by atoms with E-state index in [1.54, 1.807) is 7.11 Å². The lowest BCUT2D eigenvalue weighted by Gasteiger charge is -2.15. The Morgan fingerprint density at radius 1 is 1.57 bits per heavy atom. The molecule has 1 atom stereocenters. The minimum Gasteiger partial charge on any atom is -0.383 e. The van der Waals surface area contributed by atoms with E-state index in [0.717, 1.165) is 11.5 Å². The zero-order chi connectivity index (χ0) is 10.4. The van der Waals surface area contributed by atoms with Gasteiger partial charge in [-0.25, -0.2) is 4.98 Å². The molecule has 0 aliphatic carbocycles. The average Bonchev–Trinajstić information content (AvgIpc) is 2.17. The third kappa shape index (κ3) is 3.52. The van der Waals surface area contributed by atoms with Crippen molar-refractivity contribution < 1.29 is 4.74 Å². The van der Waals surface area contributed by atoms with Gasteiger partial charge >= 0.3 is 0 Å². The lowest BCUT2D eigenvalue weighted by Crippen LogP contribution is -2.27. The number of methoxy groups -OCH3 is 1. The van der Waals surface area contributed by atoms with E-state index in [2.05, 4.69) is 10.3 Å². The second-order valence-electron chi connectivity index (χ2n) is 3.12. The summed E-state index contributed by atoms with van der Waals surface area (Å²) in [6, 6.07) is 5.94. The third-order valence-corrected chi connectivity index (χ3v) is 2.17. The standard InChI is InChI=1S/C10H15ClN2O/c1-8-4-3-5-10(12-8)13-9(6-11)7-14-2/h3-5,9H,6-7H2,1-2H3,(H,12,13). The van der Waals surface area contributed by atoms with E-state index in [1.165, 1.54) is 0 Å². The number of halogens is 1. The second-order valence-corrected chi connectivity index (χ2v) is 3.42. The van der Waals surface area contributed by atoms with Crippen molar-refractivity contribution in [2.24, 2.45) is 0 Å². The predicted octanol–water partition coefficient (Wildman–Crippen LogP) is 2.06. The number of nitrogens with zero attached hydrogens (tertiary/aromatic N) is 1. The number of nitrogens with one attached hydrogen (secondary N) is 1. The SMILES string of the molecule is COCC(CCl)Nc1cccc(C)n1. The largest absolute Gasteiger partial charge is 0.383 e. The van der Waals surface area contributed by atoms with Crippen molar-refractivity contribution in [1.82, 2.24) is 4.98 Å². The number of anilines is 1. The van der Waals surface area contributed by atoms with E-state index in [4.69, 9.17) is 16.3 Å². The van der Waals surface area contributed by atoms with Crippen LogP contribution in [0.15, 0.2) is 18.2 Å². The topological polar surface area (TPSA) is 34.1 Å². The lowest BCUT2D eigenvalue weighted by atomic mass is 10.3. The molecule has 0 fully saturated rings. The monoisotopic (exact) mass is 214 g/mol. The molecule has 0 spiro atoms. The fourth-order valence-corrected chi connectivity index (χ4v) is 1.32. The quantitative estimate of drug-likeness (QED) is 0.762. The van der Waals surface area contributed by atoms with E-state index in [1.807, 2.05) is 25.1 Å². The van der Waals surface area contributed by atoms with Crippen LogP contribution < -0.4 is 5.32 Å². The summed E-state index contributed by atoms with van der Waals surface area (Å²) in [4.78, 5) is 4.32. The first-order valence-electron chi connectivity index (χ1n) is 4.51. The molecule has 0 aliphatic heterocycles. The molecule has 1 heterocycles. The maximum Gasteiger partial charge on any atom is 0.126 e. The minimum atomic E-state index is 0.107. The Labute approximate surface area is 89.4 Å². The van der Waals surface area contributed by atoms with Gasteiger partial charge in [0.2, 0.25) is 0 Å². The summed E-state index contributed by atoms with van der Waals surface area (Å²) >= 11 is 5.77. The Bertz CT molecular complexity index is 281. The number of aryl methyl sites for hydroxylation is 1. The molecule has 0 saturated carbocycles. The summed E-state index contributed by atoms with van der Waals surface area (Å²) in [5, 5.41) is 3.20. The first kappa shape index (κ1) is 11.3. The van der Waals surface area contributed by atoms with Crippen LogP contribution in [0, 0.1) is 6.92 Å². The molecule has 78 valence electrons. The predicted molar refractivity (Wildman–Crippen MR) is 59.0 cm³/mol. The van der Waals surface area contributed by atoms with Gasteiger partial charge in [-0.1, -0.05) is 6.07 Å². The van der Waals surface area contributed by atoms with Crippen LogP contribution in [0.5, 0.6) is 0 Å². The van der Waals surface area contributed by atoms with Crippen molar-refractivity contribution in [3.8, 4) is 0 Å². The van der Waals surface area contributed by atoms with Gasteiger partial charge in [-0.05, 0) is 19.1 Å². The number of ether oxygens (including phenoxy) is 1. The van der Waals surface area contributed by atoms with Crippen LogP contribution in [-0.2, 0) is 4.74 Å². The zero-order valence-electron chi connectivity index (χ0n) is 8.46. The third-order valence-electron chi connectivity index (χ3n) is 1.79. The number of hydrogen-bond donors (Lipinski definition) is 1. The fourth-order valence-electron chi connectivity index (χ4n) is 1.16. The van der Waals surface area contributed by atoms with Crippen LogP contribution in [0.2, 0.25) is 0 Å². The molecule has 1 N–H and O–H groups in total. The number of hydrogen-bond acceptors (Lipinski definition) is 3. The first-order valence-corrected chi connectivity index (χ1v) is 5.05. The molecule has 1 aromatic rings. The van der Waals surface area contributed by atoms with Crippen molar-refractivity contribution in [2.45, 2.75) is 13.0 Å². The van der Waals surface area contributed by atoms with E-state index in [-0.39, 0.29) is 6.04 Å². The van der Waals surface area contributed by atoms with Crippen molar-refractivity contribution in [3.63, 3.8) is 0 Å². The van der Waals surface area contributed by atoms with Crippen LogP contribution in [0.1, 0.15) is 5.69 Å². The van der Waals surface area contributed by atoms with Gasteiger partial charge in [0, 0.05) is 18.7 Å². The molecule has 4 heteroatoms. The molecule has 0 amide bonds. The molecule has 14 heavy (non-hydrogen) atoms. The van der Waals surface area contributed by atoms with E-state index in [9.17, 15) is 0 Å². The fraction of sp³-hybridized carbons (Fsp3) is 0.500. The molecule has 1 unspecified atom stereocenters. The zero-order valence-corrected chi connectivity index (χ0v) is 9.21. The molecule has 0 saturated heterocycles. The Balaban J connectivity index is 2.57. The highest BCUT2D eigenvalue weighted by Gasteiger charge is 2.06. The Kier molecular flexibility index (Phi) is 4.70. The molecule has 3 nitrogen and oxygen atoms in total. The molecule has 0 aromatic carbocycles. The molecule has 0 radical (unpaired) electrons. The Morgan fingerprint density at radius 2 is 2.36 bits per heavy atom. The molecule has 0 bridgehead atoms. The summed E-state index contributed by atoms with van der Waals surface area (Å²) in [5.41, 5.74) is 0.987. The average molecular weight is 215 g/mol. The number of rotatable bonds is 5. The van der Waals surface area contributed by atoms with E-state index < -0.39 is 0 Å². The molecule has 1 rings (SSSR count). The van der Waals surface area contributed by atoms with Gasteiger partial charge in [0.1, 0.15) is 5.82 Å². The van der Waals surface area contributed by atoms with Crippen LogP contribution in [0.25, 0.3) is 0 Å². The van der Waals surface area contributed by atoms with Crippen LogP contribution in [-0.4, -0.2) is 30.6 Å². The highest BCUT2D eigenvalue weighted by atomic mass is 35.5. The molecular formula is C10H15ClN2O. The molecule has 1 aromatic heterocycles. The number of alkyl halides is 1. The summed E-state index contributed by atoms with van der Waals surface area (Å²) < 4.78 is 5.02. The van der Waals surface area contributed by atoms with Crippen molar-refractivity contribution >= 4 is 17.4 Å². The van der Waals surface area contributed by atoms with Crippen molar-refractivity contribution in [2.75, 3.05) is 24.9 Å². The van der Waals surface area contributed by atoms with Crippen molar-refractivity contribution in [1.29, 1.82) is 0 Å². The summed E-state index contributed by atoms with van der Waals surface area (Å²) in [6.07, 6.45) is 0. The van der Waals surface area contributed by atoms with Crippen LogP contribution in [0.4, 0.5) is 5.82 Å². The number of pyridine rings is 1. The summed E-state index contributed by atoms with van der Waals surface area (Å²) in [5.74, 6) is 1.34. The van der Waals surface area contributed by atoms with Gasteiger partial charge in [0.05, 0.1) is 12.6 Å². The summed E-state index contributed by atoms with van der Waals surface area (Å²) in [6.45, 7) is 2.54. The van der Waals surface area contributed by atoms with Gasteiger partial charge in [0.15, 0.2) is 0 Å². The Hall–Kier alpha value is -0.800. The van der Waals surface area contributed by atoms with Gasteiger partial charge in [-0.15, -0.1) is 11.6 Å². The van der Waals surface area contributed by atoms with Gasteiger partial charge in [-0.2, -0.15) is 0 Å². The van der Waals surface area contributed by atoms with Gasteiger partial charge in [0.25, 0.3) is 0 Å². The maximum absolute atomic E-state index is 5.77. The molecular weight excluding hydrogens is 200 g/mol.